The number of unbranched alkanes of at least 4 members (excludes halogenated alkanes) is 1. The van der Waals surface area contributed by atoms with Crippen molar-refractivity contribution in [3.05, 3.63) is 28.2 Å². The van der Waals surface area contributed by atoms with Gasteiger partial charge in [0.25, 0.3) is 5.91 Å². The second-order valence-corrected chi connectivity index (χ2v) is 5.23. The number of nitrogens with one attached hydrogen (secondary N) is 1. The van der Waals surface area contributed by atoms with Crippen LogP contribution in [0, 0.1) is 6.92 Å². The first kappa shape index (κ1) is 15.2. The van der Waals surface area contributed by atoms with Crippen LogP contribution in [0.5, 0.6) is 0 Å². The fraction of sp³-hybridized carbons (Fsp3) is 0.500. The molecule has 0 aromatic heterocycles. The molecule has 0 radical (unpaired) electrons. The lowest BCUT2D eigenvalue weighted by molar-refractivity contribution is -0.126. The Balaban J connectivity index is 2.53. The molecule has 3 nitrogen and oxygen atoms in total. The molecule has 18 heavy (non-hydrogen) atoms. The van der Waals surface area contributed by atoms with E-state index in [0.29, 0.717) is 6.61 Å². The number of ether oxygens (including phenoxy) is 1. The lowest BCUT2D eigenvalue weighted by Crippen LogP contribution is -2.28. The number of anilines is 1. The largest absolute Gasteiger partial charge is 0.369 e. The molecular weight excluding hydrogens is 294 g/mol. The summed E-state index contributed by atoms with van der Waals surface area (Å²) in [6.45, 7) is 6.46. The predicted octanol–water partition coefficient (Wildman–Crippen LogP) is 3.90. The van der Waals surface area contributed by atoms with Gasteiger partial charge < -0.3 is 10.1 Å². The molecule has 0 fully saturated rings. The SMILES string of the molecule is CCCCOC(C)C(=O)Nc1ccc(Br)cc1C. The van der Waals surface area contributed by atoms with Gasteiger partial charge >= 0.3 is 0 Å². The van der Waals surface area contributed by atoms with Crippen molar-refractivity contribution in [1.82, 2.24) is 0 Å². The van der Waals surface area contributed by atoms with E-state index < -0.39 is 6.10 Å². The molecule has 1 amide bonds. The Kier molecular flexibility index (Phi) is 6.36. The highest BCUT2D eigenvalue weighted by molar-refractivity contribution is 9.10. The van der Waals surface area contributed by atoms with E-state index in [1.165, 1.54) is 0 Å². The molecule has 1 aromatic carbocycles. The van der Waals surface area contributed by atoms with Crippen LogP contribution in [-0.2, 0) is 9.53 Å². The number of rotatable bonds is 6. The molecule has 1 atom stereocenters. The van der Waals surface area contributed by atoms with E-state index in [1.54, 1.807) is 6.92 Å². The number of aryl methyl sites for hydroxylation is 1. The number of amides is 1. The minimum atomic E-state index is -0.417. The number of hydrogen-bond donors (Lipinski definition) is 1. The van der Waals surface area contributed by atoms with Crippen LogP contribution in [0.25, 0.3) is 0 Å². The van der Waals surface area contributed by atoms with Crippen molar-refractivity contribution in [1.29, 1.82) is 0 Å². The van der Waals surface area contributed by atoms with E-state index in [-0.39, 0.29) is 5.91 Å². The second kappa shape index (κ2) is 7.54. The Morgan fingerprint density at radius 1 is 1.50 bits per heavy atom. The Hall–Kier alpha value is -0.870. The molecule has 0 saturated heterocycles. The van der Waals surface area contributed by atoms with Crippen LogP contribution in [0.2, 0.25) is 0 Å². The minimum absolute atomic E-state index is 0.100. The van der Waals surface area contributed by atoms with Gasteiger partial charge in [-0.3, -0.25) is 4.79 Å². The van der Waals surface area contributed by atoms with Crippen LogP contribution in [0.1, 0.15) is 32.3 Å². The zero-order valence-electron chi connectivity index (χ0n) is 11.1. The summed E-state index contributed by atoms with van der Waals surface area (Å²) >= 11 is 3.40. The third kappa shape index (κ3) is 4.78. The van der Waals surface area contributed by atoms with Crippen molar-refractivity contribution in [2.24, 2.45) is 0 Å². The van der Waals surface area contributed by atoms with Gasteiger partial charge in [-0.1, -0.05) is 29.3 Å². The number of carbonyl (C=O) groups excluding carboxylic acids is 1. The first-order chi connectivity index (χ1) is 8.54. The summed E-state index contributed by atoms with van der Waals surface area (Å²) in [6.07, 6.45) is 1.63. The van der Waals surface area contributed by atoms with Gasteiger partial charge in [0.1, 0.15) is 6.10 Å². The van der Waals surface area contributed by atoms with Gasteiger partial charge in [0.2, 0.25) is 0 Å². The van der Waals surface area contributed by atoms with Crippen molar-refractivity contribution in [3.8, 4) is 0 Å². The maximum atomic E-state index is 11.9. The van der Waals surface area contributed by atoms with Crippen LogP contribution in [0.4, 0.5) is 5.69 Å². The average Bonchev–Trinajstić information content (AvgIpc) is 2.32. The summed E-state index contributed by atoms with van der Waals surface area (Å²) in [4.78, 5) is 11.9. The topological polar surface area (TPSA) is 38.3 Å². The highest BCUT2D eigenvalue weighted by atomic mass is 79.9. The number of carbonyl (C=O) groups is 1. The molecule has 0 aliphatic carbocycles. The molecule has 0 spiro atoms. The van der Waals surface area contributed by atoms with Crippen LogP contribution in [0.15, 0.2) is 22.7 Å². The molecule has 1 rings (SSSR count). The standard InChI is InChI=1S/C14H20BrNO2/c1-4-5-8-18-11(3)14(17)16-13-7-6-12(15)9-10(13)2/h6-7,9,11H,4-5,8H2,1-3H3,(H,16,17). The van der Waals surface area contributed by atoms with Crippen LogP contribution < -0.4 is 5.32 Å². The lowest BCUT2D eigenvalue weighted by Gasteiger charge is -2.14. The third-order valence-corrected chi connectivity index (χ3v) is 3.17. The van der Waals surface area contributed by atoms with Gasteiger partial charge in [-0.2, -0.15) is 0 Å². The molecule has 0 heterocycles. The van der Waals surface area contributed by atoms with E-state index in [9.17, 15) is 4.79 Å². The Morgan fingerprint density at radius 3 is 2.83 bits per heavy atom. The number of hydrogen-bond acceptors (Lipinski definition) is 2. The zero-order chi connectivity index (χ0) is 13.5. The molecule has 1 N–H and O–H groups in total. The zero-order valence-corrected chi connectivity index (χ0v) is 12.7. The molecular formula is C14H20BrNO2. The first-order valence-electron chi connectivity index (χ1n) is 6.23. The lowest BCUT2D eigenvalue weighted by atomic mass is 10.2. The van der Waals surface area contributed by atoms with Gasteiger partial charge in [-0.15, -0.1) is 0 Å². The normalized spacial score (nSPS) is 12.2. The van der Waals surface area contributed by atoms with Gasteiger partial charge in [-0.05, 0) is 44.0 Å². The van der Waals surface area contributed by atoms with Gasteiger partial charge in [-0.25, -0.2) is 0 Å². The summed E-state index contributed by atoms with van der Waals surface area (Å²) in [5.74, 6) is -0.100. The van der Waals surface area contributed by atoms with Gasteiger partial charge in [0.15, 0.2) is 0 Å². The van der Waals surface area contributed by atoms with Crippen LogP contribution in [-0.4, -0.2) is 18.6 Å². The summed E-state index contributed by atoms with van der Waals surface area (Å²) in [6, 6.07) is 5.76. The number of halogens is 1. The van der Waals surface area contributed by atoms with Crippen molar-refractivity contribution < 1.29 is 9.53 Å². The van der Waals surface area contributed by atoms with Crippen molar-refractivity contribution in [2.75, 3.05) is 11.9 Å². The van der Waals surface area contributed by atoms with E-state index in [0.717, 1.165) is 28.6 Å². The molecule has 0 aliphatic heterocycles. The van der Waals surface area contributed by atoms with E-state index in [1.807, 2.05) is 25.1 Å². The molecule has 4 heteroatoms. The van der Waals surface area contributed by atoms with E-state index in [2.05, 4.69) is 28.2 Å². The molecule has 0 aliphatic rings. The van der Waals surface area contributed by atoms with Crippen molar-refractivity contribution in [3.63, 3.8) is 0 Å². The maximum absolute atomic E-state index is 11.9. The van der Waals surface area contributed by atoms with Gasteiger partial charge in [0, 0.05) is 16.8 Å². The Morgan fingerprint density at radius 2 is 2.22 bits per heavy atom. The minimum Gasteiger partial charge on any atom is -0.369 e. The first-order valence-corrected chi connectivity index (χ1v) is 7.02. The monoisotopic (exact) mass is 313 g/mol. The Labute approximate surface area is 117 Å². The fourth-order valence-electron chi connectivity index (χ4n) is 1.48. The highest BCUT2D eigenvalue weighted by Gasteiger charge is 2.14. The quantitative estimate of drug-likeness (QED) is 0.809. The highest BCUT2D eigenvalue weighted by Crippen LogP contribution is 2.20. The molecule has 1 unspecified atom stereocenters. The summed E-state index contributed by atoms with van der Waals surface area (Å²) in [5, 5.41) is 2.88. The Bertz CT molecular complexity index is 407. The molecule has 1 aromatic rings. The third-order valence-electron chi connectivity index (χ3n) is 2.68. The fourth-order valence-corrected chi connectivity index (χ4v) is 1.96. The molecule has 100 valence electrons. The second-order valence-electron chi connectivity index (χ2n) is 4.32. The maximum Gasteiger partial charge on any atom is 0.253 e. The summed E-state index contributed by atoms with van der Waals surface area (Å²) < 4.78 is 6.46. The predicted molar refractivity (Wildman–Crippen MR) is 77.8 cm³/mol. The smallest absolute Gasteiger partial charge is 0.253 e. The average molecular weight is 314 g/mol. The van der Waals surface area contributed by atoms with Crippen LogP contribution >= 0.6 is 15.9 Å². The summed E-state index contributed by atoms with van der Waals surface area (Å²) in [7, 11) is 0. The number of benzene rings is 1. The van der Waals surface area contributed by atoms with Crippen LogP contribution in [0.3, 0.4) is 0 Å². The molecule has 0 saturated carbocycles. The molecule has 0 bridgehead atoms. The van der Waals surface area contributed by atoms with E-state index >= 15 is 0 Å². The van der Waals surface area contributed by atoms with Crippen molar-refractivity contribution in [2.45, 2.75) is 39.7 Å². The summed E-state index contributed by atoms with van der Waals surface area (Å²) in [5.41, 5.74) is 1.85. The van der Waals surface area contributed by atoms with Crippen molar-refractivity contribution >= 4 is 27.5 Å². The van der Waals surface area contributed by atoms with E-state index in [4.69, 9.17) is 4.74 Å². The van der Waals surface area contributed by atoms with Gasteiger partial charge in [0.05, 0.1) is 0 Å².